The van der Waals surface area contributed by atoms with Gasteiger partial charge in [0.2, 0.25) is 0 Å². The Morgan fingerprint density at radius 1 is 1.14 bits per heavy atom. The molecule has 3 heteroatoms. The Hall–Kier alpha value is 0.210. The molecule has 2 nitrogen and oxygen atoms in total. The van der Waals surface area contributed by atoms with Crippen molar-refractivity contribution in [3.05, 3.63) is 0 Å². The van der Waals surface area contributed by atoms with Crippen molar-refractivity contribution in [3.63, 3.8) is 0 Å². The molecule has 84 valence electrons. The topological polar surface area (TPSA) is 12.5 Å². The van der Waals surface area contributed by atoms with Gasteiger partial charge in [-0.05, 0) is 33.2 Å². The highest BCUT2D eigenvalue weighted by molar-refractivity contribution is 6.17. The third-order valence-electron chi connectivity index (χ3n) is 2.60. The van der Waals surface area contributed by atoms with E-state index in [9.17, 15) is 0 Å². The number of morpholine rings is 1. The van der Waals surface area contributed by atoms with Gasteiger partial charge >= 0.3 is 0 Å². The van der Waals surface area contributed by atoms with E-state index in [2.05, 4.69) is 18.7 Å². The van der Waals surface area contributed by atoms with Crippen LogP contribution in [0.5, 0.6) is 0 Å². The Bertz CT molecular complexity index is 144. The molecule has 1 heterocycles. The molecule has 0 radical (unpaired) electrons. The zero-order chi connectivity index (χ0) is 10.4. The van der Waals surface area contributed by atoms with Crippen molar-refractivity contribution >= 4 is 11.6 Å². The minimum atomic E-state index is 0.395. The molecule has 0 spiro atoms. The number of ether oxygens (including phenoxy) is 1. The van der Waals surface area contributed by atoms with Crippen LogP contribution in [0.1, 0.15) is 33.1 Å². The van der Waals surface area contributed by atoms with E-state index in [1.165, 1.54) is 19.4 Å². The first-order valence-electron chi connectivity index (χ1n) is 5.66. The van der Waals surface area contributed by atoms with Crippen LogP contribution in [0.3, 0.4) is 0 Å². The van der Waals surface area contributed by atoms with Gasteiger partial charge < -0.3 is 4.74 Å². The molecule has 1 aliphatic heterocycles. The summed E-state index contributed by atoms with van der Waals surface area (Å²) in [7, 11) is 0. The molecule has 0 N–H and O–H groups in total. The van der Waals surface area contributed by atoms with Crippen LogP contribution < -0.4 is 0 Å². The second kappa shape index (κ2) is 6.65. The average Bonchev–Trinajstić information content (AvgIpc) is 2.11. The monoisotopic (exact) mass is 219 g/mol. The summed E-state index contributed by atoms with van der Waals surface area (Å²) in [6.07, 6.45) is 4.46. The second-order valence-electron chi connectivity index (χ2n) is 4.27. The fraction of sp³-hybridized carbons (Fsp3) is 1.00. The summed E-state index contributed by atoms with van der Waals surface area (Å²) in [6.45, 7) is 7.69. The molecule has 0 amide bonds. The number of hydrogen-bond donors (Lipinski definition) is 0. The van der Waals surface area contributed by atoms with E-state index in [1.54, 1.807) is 0 Å². The van der Waals surface area contributed by atoms with E-state index in [-0.39, 0.29) is 0 Å². The highest BCUT2D eigenvalue weighted by Gasteiger charge is 2.21. The predicted octanol–water partition coefficient (Wildman–Crippen LogP) is 2.50. The summed E-state index contributed by atoms with van der Waals surface area (Å²) >= 11 is 5.64. The molecule has 1 saturated heterocycles. The van der Waals surface area contributed by atoms with E-state index in [0.29, 0.717) is 12.2 Å². The number of rotatable bonds is 5. The van der Waals surface area contributed by atoms with Crippen molar-refractivity contribution in [2.75, 3.05) is 25.5 Å². The summed E-state index contributed by atoms with van der Waals surface area (Å²) in [5, 5.41) is 0. The smallest absolute Gasteiger partial charge is 0.0678 e. The molecule has 14 heavy (non-hydrogen) atoms. The normalized spacial score (nSPS) is 29.4. The third-order valence-corrected chi connectivity index (χ3v) is 2.87. The van der Waals surface area contributed by atoms with Crippen LogP contribution in [0.25, 0.3) is 0 Å². The van der Waals surface area contributed by atoms with Gasteiger partial charge in [0.05, 0.1) is 12.2 Å². The van der Waals surface area contributed by atoms with Crippen molar-refractivity contribution in [3.8, 4) is 0 Å². The Labute approximate surface area is 92.6 Å². The first kappa shape index (κ1) is 12.3. The molecule has 0 bridgehead atoms. The zero-order valence-electron chi connectivity index (χ0n) is 9.34. The maximum absolute atomic E-state index is 5.68. The molecule has 2 atom stereocenters. The Morgan fingerprint density at radius 2 is 1.79 bits per heavy atom. The summed E-state index contributed by atoms with van der Waals surface area (Å²) in [5.74, 6) is 0.802. The zero-order valence-corrected chi connectivity index (χ0v) is 10.1. The highest BCUT2D eigenvalue weighted by Crippen LogP contribution is 2.11. The SMILES string of the molecule is C[C@@H]1CN(CCCCCCl)C[C@H](C)O1. The summed E-state index contributed by atoms with van der Waals surface area (Å²) in [4.78, 5) is 2.51. The summed E-state index contributed by atoms with van der Waals surface area (Å²) in [5.41, 5.74) is 0. The fourth-order valence-electron chi connectivity index (χ4n) is 2.07. The lowest BCUT2D eigenvalue weighted by Crippen LogP contribution is -2.45. The molecule has 1 aliphatic rings. The Morgan fingerprint density at radius 3 is 2.36 bits per heavy atom. The Balaban J connectivity index is 2.10. The molecule has 0 aromatic rings. The van der Waals surface area contributed by atoms with E-state index in [0.717, 1.165) is 25.4 Å². The molecule has 0 unspecified atom stereocenters. The van der Waals surface area contributed by atoms with Gasteiger partial charge in [0, 0.05) is 19.0 Å². The highest BCUT2D eigenvalue weighted by atomic mass is 35.5. The van der Waals surface area contributed by atoms with Crippen molar-refractivity contribution in [2.45, 2.75) is 45.3 Å². The van der Waals surface area contributed by atoms with Crippen LogP contribution in [0.4, 0.5) is 0 Å². The van der Waals surface area contributed by atoms with Gasteiger partial charge in [-0.25, -0.2) is 0 Å². The van der Waals surface area contributed by atoms with Crippen LogP contribution in [0, 0.1) is 0 Å². The molecule has 0 aromatic carbocycles. The van der Waals surface area contributed by atoms with Crippen molar-refractivity contribution in [2.24, 2.45) is 0 Å². The lowest BCUT2D eigenvalue weighted by atomic mass is 10.2. The van der Waals surface area contributed by atoms with Crippen molar-refractivity contribution in [1.82, 2.24) is 4.90 Å². The van der Waals surface area contributed by atoms with Crippen molar-refractivity contribution < 1.29 is 4.74 Å². The Kier molecular flexibility index (Phi) is 5.83. The van der Waals surface area contributed by atoms with Crippen LogP contribution in [-0.2, 0) is 4.74 Å². The molecule has 1 fully saturated rings. The number of halogens is 1. The van der Waals surface area contributed by atoms with Gasteiger partial charge in [0.15, 0.2) is 0 Å². The number of hydrogen-bond acceptors (Lipinski definition) is 2. The molecule has 0 aliphatic carbocycles. The number of alkyl halides is 1. The minimum absolute atomic E-state index is 0.395. The average molecular weight is 220 g/mol. The van der Waals surface area contributed by atoms with Gasteiger partial charge in [-0.15, -0.1) is 11.6 Å². The molecule has 1 rings (SSSR count). The molecule has 0 saturated carbocycles. The minimum Gasteiger partial charge on any atom is -0.373 e. The van der Waals surface area contributed by atoms with Gasteiger partial charge in [-0.3, -0.25) is 4.90 Å². The largest absolute Gasteiger partial charge is 0.373 e. The first-order chi connectivity index (χ1) is 6.72. The lowest BCUT2D eigenvalue weighted by molar-refractivity contribution is -0.0681. The van der Waals surface area contributed by atoms with Gasteiger partial charge in [-0.2, -0.15) is 0 Å². The lowest BCUT2D eigenvalue weighted by Gasteiger charge is -2.35. The molecule has 0 aromatic heterocycles. The maximum Gasteiger partial charge on any atom is 0.0678 e. The summed E-state index contributed by atoms with van der Waals surface area (Å²) in [6, 6.07) is 0. The quantitative estimate of drug-likeness (QED) is 0.521. The van der Waals surface area contributed by atoms with Gasteiger partial charge in [0.25, 0.3) is 0 Å². The van der Waals surface area contributed by atoms with E-state index < -0.39 is 0 Å². The van der Waals surface area contributed by atoms with Crippen LogP contribution in [0.2, 0.25) is 0 Å². The summed E-state index contributed by atoms with van der Waals surface area (Å²) < 4.78 is 5.68. The number of nitrogens with zero attached hydrogens (tertiary/aromatic N) is 1. The molecular weight excluding hydrogens is 198 g/mol. The maximum atomic E-state index is 5.68. The van der Waals surface area contributed by atoms with Crippen LogP contribution in [-0.4, -0.2) is 42.6 Å². The van der Waals surface area contributed by atoms with Gasteiger partial charge in [0.1, 0.15) is 0 Å². The fourth-order valence-corrected chi connectivity index (χ4v) is 2.26. The van der Waals surface area contributed by atoms with E-state index in [4.69, 9.17) is 16.3 Å². The second-order valence-corrected chi connectivity index (χ2v) is 4.64. The predicted molar refractivity (Wildman–Crippen MR) is 61.0 cm³/mol. The van der Waals surface area contributed by atoms with Crippen LogP contribution >= 0.6 is 11.6 Å². The molecular formula is C11H22ClNO. The number of unbranched alkanes of at least 4 members (excludes halogenated alkanes) is 2. The van der Waals surface area contributed by atoms with E-state index in [1.807, 2.05) is 0 Å². The van der Waals surface area contributed by atoms with Gasteiger partial charge in [-0.1, -0.05) is 6.42 Å². The first-order valence-corrected chi connectivity index (χ1v) is 6.19. The third kappa shape index (κ3) is 4.63. The van der Waals surface area contributed by atoms with Crippen molar-refractivity contribution in [1.29, 1.82) is 0 Å². The van der Waals surface area contributed by atoms with Crippen LogP contribution in [0.15, 0.2) is 0 Å². The van der Waals surface area contributed by atoms with E-state index >= 15 is 0 Å². The standard InChI is InChI=1S/C11H22ClNO/c1-10-8-13(9-11(2)14-10)7-5-3-4-6-12/h10-11H,3-9H2,1-2H3/t10-,11+.